The van der Waals surface area contributed by atoms with Crippen LogP contribution in [0.25, 0.3) is 22.6 Å². The molecule has 10 heteroatoms. The van der Waals surface area contributed by atoms with Crippen LogP contribution in [0.2, 0.25) is 0 Å². The molecule has 174 valence electrons. The third-order valence-electron chi connectivity index (χ3n) is 5.11. The third-order valence-corrected chi connectivity index (χ3v) is 6.07. The summed E-state index contributed by atoms with van der Waals surface area (Å²) in [4.78, 5) is 24.1. The maximum Gasteiger partial charge on any atom is 0.234 e. The van der Waals surface area contributed by atoms with Crippen LogP contribution >= 0.6 is 11.8 Å². The number of rotatable bonds is 8. The molecule has 1 N–H and O–H groups in total. The lowest BCUT2D eigenvalue weighted by atomic mass is 10.1. The minimum absolute atomic E-state index is 0.0653. The molecule has 4 rings (SSSR count). The molecule has 0 unspecified atom stereocenters. The summed E-state index contributed by atoms with van der Waals surface area (Å²) in [5.41, 5.74) is 3.30. The first-order chi connectivity index (χ1) is 16.4. The summed E-state index contributed by atoms with van der Waals surface area (Å²) in [6.45, 7) is 4.04. The van der Waals surface area contributed by atoms with Crippen molar-refractivity contribution in [3.8, 4) is 22.6 Å². The van der Waals surface area contributed by atoms with E-state index in [1.807, 2.05) is 24.7 Å². The smallest absolute Gasteiger partial charge is 0.234 e. The van der Waals surface area contributed by atoms with E-state index in [-0.39, 0.29) is 23.3 Å². The van der Waals surface area contributed by atoms with Crippen molar-refractivity contribution in [1.82, 2.24) is 24.5 Å². The number of aryl methyl sites for hydroxylation is 1. The summed E-state index contributed by atoms with van der Waals surface area (Å²) in [5.74, 6) is 0.144. The molecule has 4 aromatic rings. The number of carbonyl (C=O) groups excluding carboxylic acids is 2. The van der Waals surface area contributed by atoms with E-state index in [2.05, 4.69) is 20.6 Å². The van der Waals surface area contributed by atoms with Gasteiger partial charge in [-0.3, -0.25) is 14.3 Å². The minimum atomic E-state index is -0.317. The van der Waals surface area contributed by atoms with Gasteiger partial charge < -0.3 is 9.88 Å². The van der Waals surface area contributed by atoms with Gasteiger partial charge in [0.25, 0.3) is 0 Å². The second-order valence-electron chi connectivity index (χ2n) is 7.60. The number of nitrogens with one attached hydrogen (secondary N) is 1. The van der Waals surface area contributed by atoms with Gasteiger partial charge in [-0.25, -0.2) is 4.39 Å². The van der Waals surface area contributed by atoms with Gasteiger partial charge in [0.2, 0.25) is 5.91 Å². The van der Waals surface area contributed by atoms with Crippen LogP contribution in [0.1, 0.15) is 24.2 Å². The molecule has 0 bridgehead atoms. The lowest BCUT2D eigenvalue weighted by Gasteiger charge is -2.08. The summed E-state index contributed by atoms with van der Waals surface area (Å²) in [6, 6.07) is 13.0. The molecule has 1 amide bonds. The van der Waals surface area contributed by atoms with E-state index in [1.165, 1.54) is 30.8 Å². The Bertz CT molecular complexity index is 1350. The maximum atomic E-state index is 13.4. The summed E-state index contributed by atoms with van der Waals surface area (Å²) in [7, 11) is 1.81. The fourth-order valence-electron chi connectivity index (χ4n) is 3.50. The lowest BCUT2D eigenvalue weighted by Crippen LogP contribution is -2.15. The summed E-state index contributed by atoms with van der Waals surface area (Å²) in [6.07, 6.45) is 1.85. The summed E-state index contributed by atoms with van der Waals surface area (Å²) >= 11 is 1.27. The van der Waals surface area contributed by atoms with Crippen LogP contribution in [0.3, 0.4) is 0 Å². The van der Waals surface area contributed by atoms with Gasteiger partial charge in [0, 0.05) is 36.6 Å². The summed E-state index contributed by atoms with van der Waals surface area (Å²) in [5, 5.41) is 16.6. The number of carbonyl (C=O) groups is 2. The monoisotopic (exact) mass is 478 g/mol. The number of halogens is 1. The number of benzene rings is 2. The SMILES string of the molecule is CCn1c(SCC(=O)Nc2cccc(C(C)=O)c2)nnc1-c1cn(C)nc1-c1ccc(F)cc1. The molecule has 0 spiro atoms. The Balaban J connectivity index is 1.53. The average Bonchev–Trinajstić information content (AvgIpc) is 3.41. The maximum absolute atomic E-state index is 13.4. The number of ketones is 1. The fourth-order valence-corrected chi connectivity index (χ4v) is 4.30. The zero-order valence-electron chi connectivity index (χ0n) is 18.9. The van der Waals surface area contributed by atoms with Crippen molar-refractivity contribution in [2.24, 2.45) is 7.05 Å². The van der Waals surface area contributed by atoms with E-state index in [4.69, 9.17) is 0 Å². The van der Waals surface area contributed by atoms with Crippen LogP contribution < -0.4 is 5.32 Å². The second-order valence-corrected chi connectivity index (χ2v) is 8.54. The van der Waals surface area contributed by atoms with Gasteiger partial charge in [-0.1, -0.05) is 23.9 Å². The Morgan fingerprint density at radius 3 is 2.59 bits per heavy atom. The van der Waals surface area contributed by atoms with Gasteiger partial charge >= 0.3 is 0 Å². The topological polar surface area (TPSA) is 94.7 Å². The molecule has 2 heterocycles. The van der Waals surface area contributed by atoms with Crippen molar-refractivity contribution in [3.05, 3.63) is 66.1 Å². The molecule has 0 atom stereocenters. The Morgan fingerprint density at radius 2 is 1.88 bits per heavy atom. The number of Topliss-reactive ketones (excluding diaryl/α,β-unsaturated/α-hetero) is 1. The van der Waals surface area contributed by atoms with Crippen molar-refractivity contribution in [1.29, 1.82) is 0 Å². The van der Waals surface area contributed by atoms with Gasteiger partial charge in [0.05, 0.1) is 11.3 Å². The first-order valence-corrected chi connectivity index (χ1v) is 11.6. The largest absolute Gasteiger partial charge is 0.325 e. The molecular formula is C24H23FN6O2S. The Labute approximate surface area is 200 Å². The summed E-state index contributed by atoms with van der Waals surface area (Å²) < 4.78 is 17.0. The molecule has 2 aromatic heterocycles. The second kappa shape index (κ2) is 10.0. The van der Waals surface area contributed by atoms with E-state index >= 15 is 0 Å². The van der Waals surface area contributed by atoms with Crippen molar-refractivity contribution in [2.75, 3.05) is 11.1 Å². The standard InChI is InChI=1S/C24H23FN6O2S/c1-4-31-23(20-13-30(3)29-22(20)16-8-10-18(25)11-9-16)27-28-24(31)34-14-21(33)26-19-7-5-6-17(12-19)15(2)32/h5-13H,4,14H2,1-3H3,(H,26,33). The normalized spacial score (nSPS) is 10.9. The minimum Gasteiger partial charge on any atom is -0.325 e. The van der Waals surface area contributed by atoms with Gasteiger partial charge in [-0.2, -0.15) is 5.10 Å². The van der Waals surface area contributed by atoms with Gasteiger partial charge in [0.15, 0.2) is 16.8 Å². The molecule has 0 saturated carbocycles. The zero-order chi connectivity index (χ0) is 24.2. The van der Waals surface area contributed by atoms with Crippen molar-refractivity contribution in [2.45, 2.75) is 25.5 Å². The van der Waals surface area contributed by atoms with E-state index < -0.39 is 0 Å². The van der Waals surface area contributed by atoms with E-state index in [0.717, 1.165) is 11.1 Å². The molecule has 34 heavy (non-hydrogen) atoms. The molecule has 0 saturated heterocycles. The van der Waals surface area contributed by atoms with Crippen LogP contribution in [-0.2, 0) is 18.4 Å². The van der Waals surface area contributed by atoms with Crippen LogP contribution in [0, 0.1) is 5.82 Å². The van der Waals surface area contributed by atoms with Crippen molar-refractivity contribution in [3.63, 3.8) is 0 Å². The van der Waals surface area contributed by atoms with Gasteiger partial charge in [0.1, 0.15) is 11.5 Å². The van der Waals surface area contributed by atoms with Crippen LogP contribution in [0.15, 0.2) is 59.9 Å². The molecule has 0 radical (unpaired) electrons. The zero-order valence-corrected chi connectivity index (χ0v) is 19.8. The van der Waals surface area contributed by atoms with Crippen molar-refractivity contribution >= 4 is 29.1 Å². The molecule has 8 nitrogen and oxygen atoms in total. The van der Waals surface area contributed by atoms with Crippen molar-refractivity contribution < 1.29 is 14.0 Å². The van der Waals surface area contributed by atoms with Gasteiger partial charge in [-0.15, -0.1) is 10.2 Å². The van der Waals surface area contributed by atoms with E-state index in [1.54, 1.807) is 41.1 Å². The predicted molar refractivity (Wildman–Crippen MR) is 129 cm³/mol. The highest BCUT2D eigenvalue weighted by Crippen LogP contribution is 2.32. The van der Waals surface area contributed by atoms with E-state index in [9.17, 15) is 14.0 Å². The number of aromatic nitrogens is 5. The van der Waals surface area contributed by atoms with Crippen LogP contribution in [-0.4, -0.2) is 42.0 Å². The number of anilines is 1. The molecule has 2 aromatic carbocycles. The Kier molecular flexibility index (Phi) is 6.87. The van der Waals surface area contributed by atoms with Crippen LogP contribution in [0.5, 0.6) is 0 Å². The number of nitrogens with zero attached hydrogens (tertiary/aromatic N) is 5. The highest BCUT2D eigenvalue weighted by Gasteiger charge is 2.20. The van der Waals surface area contributed by atoms with Gasteiger partial charge in [-0.05, 0) is 50.2 Å². The Hall–Kier alpha value is -3.79. The lowest BCUT2D eigenvalue weighted by molar-refractivity contribution is -0.113. The number of amides is 1. The quantitative estimate of drug-likeness (QED) is 0.297. The van der Waals surface area contributed by atoms with Crippen LogP contribution in [0.4, 0.5) is 10.1 Å². The third kappa shape index (κ3) is 5.07. The molecule has 0 aliphatic carbocycles. The molecule has 0 fully saturated rings. The highest BCUT2D eigenvalue weighted by atomic mass is 32.2. The number of hydrogen-bond acceptors (Lipinski definition) is 6. The Morgan fingerprint density at radius 1 is 1.12 bits per heavy atom. The first kappa shape index (κ1) is 23.4. The number of hydrogen-bond donors (Lipinski definition) is 1. The highest BCUT2D eigenvalue weighted by molar-refractivity contribution is 7.99. The fraction of sp³-hybridized carbons (Fsp3) is 0.208. The molecule has 0 aliphatic rings. The first-order valence-electron chi connectivity index (χ1n) is 10.6. The molecular weight excluding hydrogens is 455 g/mol. The molecule has 0 aliphatic heterocycles. The van der Waals surface area contributed by atoms with E-state index in [0.29, 0.717) is 34.5 Å². The number of thioether (sulfide) groups is 1. The predicted octanol–water partition coefficient (Wildman–Crippen LogP) is 4.44. The average molecular weight is 479 g/mol.